The Labute approximate surface area is 193 Å². The van der Waals surface area contributed by atoms with Crippen LogP contribution in [0.5, 0.6) is 11.5 Å². The van der Waals surface area contributed by atoms with Crippen LogP contribution in [-0.2, 0) is 23.1 Å². The number of hydrogen-bond acceptors (Lipinski definition) is 6. The summed E-state index contributed by atoms with van der Waals surface area (Å²) in [6.07, 6.45) is 0. The Morgan fingerprint density at radius 2 is 1.73 bits per heavy atom. The van der Waals surface area contributed by atoms with Crippen molar-refractivity contribution in [1.82, 2.24) is 9.29 Å². The highest BCUT2D eigenvalue weighted by Gasteiger charge is 2.26. The van der Waals surface area contributed by atoms with Gasteiger partial charge in [-0.05, 0) is 47.8 Å². The molecular weight excluding hydrogens is 467 g/mol. The second-order valence-corrected chi connectivity index (χ2v) is 10.5. The van der Waals surface area contributed by atoms with E-state index in [4.69, 9.17) is 9.47 Å². The van der Waals surface area contributed by atoms with E-state index in [2.05, 4.69) is 4.98 Å². The summed E-state index contributed by atoms with van der Waals surface area (Å²) < 4.78 is 52.6. The maximum Gasteiger partial charge on any atom is 0.252 e. The number of hydrogen-bond donors (Lipinski definition) is 1. The van der Waals surface area contributed by atoms with Crippen LogP contribution in [0.3, 0.4) is 0 Å². The average molecular weight is 487 g/mol. The van der Waals surface area contributed by atoms with Gasteiger partial charge in [0.15, 0.2) is 11.5 Å². The van der Waals surface area contributed by atoms with Crippen molar-refractivity contribution >= 4 is 32.3 Å². The van der Waals surface area contributed by atoms with Crippen LogP contribution in [0.15, 0.2) is 69.7 Å². The van der Waals surface area contributed by atoms with Gasteiger partial charge in [0.05, 0.1) is 10.4 Å². The van der Waals surface area contributed by atoms with Gasteiger partial charge in [-0.2, -0.15) is 4.31 Å². The number of sulfonamides is 1. The Morgan fingerprint density at radius 3 is 2.42 bits per heavy atom. The summed E-state index contributed by atoms with van der Waals surface area (Å²) in [6, 6.07) is 13.4. The first-order chi connectivity index (χ1) is 15.9. The summed E-state index contributed by atoms with van der Waals surface area (Å²) in [5.74, 6) is 0.593. The molecule has 0 fully saturated rings. The highest BCUT2D eigenvalue weighted by molar-refractivity contribution is 7.89. The van der Waals surface area contributed by atoms with E-state index in [1.54, 1.807) is 18.2 Å². The van der Waals surface area contributed by atoms with Gasteiger partial charge in [-0.3, -0.25) is 4.79 Å². The number of pyridine rings is 1. The first kappa shape index (κ1) is 21.6. The Balaban J connectivity index is 1.55. The second kappa shape index (κ2) is 8.62. The summed E-state index contributed by atoms with van der Waals surface area (Å²) >= 11 is 1.42. The number of ether oxygens (including phenoxy) is 2. The van der Waals surface area contributed by atoms with Gasteiger partial charge in [-0.1, -0.05) is 6.07 Å². The van der Waals surface area contributed by atoms with Crippen molar-refractivity contribution in [2.75, 3.05) is 13.2 Å². The van der Waals surface area contributed by atoms with Crippen molar-refractivity contribution in [3.63, 3.8) is 0 Å². The molecule has 170 valence electrons. The molecule has 1 aliphatic rings. The molecule has 3 heterocycles. The average Bonchev–Trinajstić information content (AvgIpc) is 3.31. The van der Waals surface area contributed by atoms with E-state index >= 15 is 0 Å². The lowest BCUT2D eigenvalue weighted by atomic mass is 10.1. The van der Waals surface area contributed by atoms with E-state index in [1.165, 1.54) is 27.8 Å². The zero-order valence-electron chi connectivity index (χ0n) is 17.3. The highest BCUT2D eigenvalue weighted by Crippen LogP contribution is 2.34. The van der Waals surface area contributed by atoms with Crippen LogP contribution in [0.4, 0.5) is 4.39 Å². The molecule has 0 spiro atoms. The number of rotatable bonds is 6. The van der Waals surface area contributed by atoms with Crippen LogP contribution in [-0.4, -0.2) is 30.9 Å². The number of nitrogens with one attached hydrogen (secondary N) is 1. The van der Waals surface area contributed by atoms with Crippen molar-refractivity contribution in [3.05, 3.63) is 86.6 Å². The Morgan fingerprint density at radius 1 is 1.00 bits per heavy atom. The second-order valence-electron chi connectivity index (χ2n) is 7.51. The van der Waals surface area contributed by atoms with Crippen LogP contribution >= 0.6 is 11.3 Å². The lowest BCUT2D eigenvalue weighted by Gasteiger charge is -2.22. The van der Waals surface area contributed by atoms with Crippen molar-refractivity contribution in [2.24, 2.45) is 0 Å². The Hall–Kier alpha value is -3.21. The first-order valence-electron chi connectivity index (χ1n) is 10.1. The van der Waals surface area contributed by atoms with Crippen molar-refractivity contribution in [1.29, 1.82) is 0 Å². The molecule has 0 radical (unpaired) electrons. The third kappa shape index (κ3) is 4.37. The summed E-state index contributed by atoms with van der Waals surface area (Å²) in [7, 11) is -4.00. The molecule has 0 aliphatic carbocycles. The molecule has 5 rings (SSSR count). The van der Waals surface area contributed by atoms with Crippen LogP contribution in [0.1, 0.15) is 10.4 Å². The summed E-state index contributed by atoms with van der Waals surface area (Å²) in [5.41, 5.74) is 0.449. The normalized spacial score (nSPS) is 13.5. The topological polar surface area (TPSA) is 88.7 Å². The monoisotopic (exact) mass is 486 g/mol. The minimum atomic E-state index is -4.00. The molecule has 7 nitrogen and oxygen atoms in total. The smallest absolute Gasteiger partial charge is 0.252 e. The van der Waals surface area contributed by atoms with Crippen molar-refractivity contribution < 1.29 is 22.3 Å². The van der Waals surface area contributed by atoms with Crippen LogP contribution < -0.4 is 15.0 Å². The lowest BCUT2D eigenvalue weighted by Crippen LogP contribution is -2.32. The Bertz CT molecular complexity index is 1470. The number of halogens is 1. The van der Waals surface area contributed by atoms with Gasteiger partial charge in [0.25, 0.3) is 5.56 Å². The molecule has 0 saturated heterocycles. The standard InChI is InChI=1S/C23H19FN2O5S2/c24-17-3-5-19(6-4-17)33(28,29)26(14-18-2-1-9-32-18)13-16-10-15-11-21-22(31-8-7-30-21)12-20(15)25-23(16)27/h1-6,9-12H,7-8,13-14H2,(H,25,27). The van der Waals surface area contributed by atoms with Gasteiger partial charge in [-0.25, -0.2) is 12.8 Å². The van der Waals surface area contributed by atoms with E-state index < -0.39 is 21.4 Å². The van der Waals surface area contributed by atoms with E-state index in [0.717, 1.165) is 17.0 Å². The quantitative estimate of drug-likeness (QED) is 0.447. The number of nitrogens with zero attached hydrogens (tertiary/aromatic N) is 1. The zero-order chi connectivity index (χ0) is 23.0. The SMILES string of the molecule is O=c1[nH]c2cc3c(cc2cc1CN(Cc1cccs1)S(=O)(=O)c1ccc(F)cc1)OCCO3. The summed E-state index contributed by atoms with van der Waals surface area (Å²) in [6.45, 7) is 0.784. The number of thiophene rings is 1. The minimum Gasteiger partial charge on any atom is -0.486 e. The maximum absolute atomic E-state index is 13.4. The molecule has 10 heteroatoms. The van der Waals surface area contributed by atoms with Crippen LogP contribution in [0.2, 0.25) is 0 Å². The van der Waals surface area contributed by atoms with Crippen LogP contribution in [0, 0.1) is 5.82 Å². The number of benzene rings is 2. The number of aromatic amines is 1. The fourth-order valence-corrected chi connectivity index (χ4v) is 5.85. The molecular formula is C23H19FN2O5S2. The molecule has 0 unspecified atom stereocenters. The van der Waals surface area contributed by atoms with Crippen molar-refractivity contribution in [2.45, 2.75) is 18.0 Å². The molecule has 1 N–H and O–H groups in total. The van der Waals surface area contributed by atoms with E-state index in [-0.39, 0.29) is 23.5 Å². The predicted molar refractivity (Wildman–Crippen MR) is 123 cm³/mol. The highest BCUT2D eigenvalue weighted by atomic mass is 32.2. The molecule has 0 bridgehead atoms. The number of fused-ring (bicyclic) bond motifs is 2. The van der Waals surface area contributed by atoms with Crippen LogP contribution in [0.25, 0.3) is 10.9 Å². The third-order valence-electron chi connectivity index (χ3n) is 5.29. The van der Waals surface area contributed by atoms with Gasteiger partial charge in [0.1, 0.15) is 19.0 Å². The molecule has 33 heavy (non-hydrogen) atoms. The minimum absolute atomic E-state index is 0.0442. The molecule has 0 saturated carbocycles. The lowest BCUT2D eigenvalue weighted by molar-refractivity contribution is 0.172. The predicted octanol–water partition coefficient (Wildman–Crippen LogP) is 3.89. The maximum atomic E-state index is 13.4. The van der Waals surface area contributed by atoms with E-state index in [9.17, 15) is 17.6 Å². The zero-order valence-corrected chi connectivity index (χ0v) is 18.9. The fourth-order valence-electron chi connectivity index (χ4n) is 3.65. The van der Waals surface area contributed by atoms with Gasteiger partial charge < -0.3 is 14.5 Å². The largest absolute Gasteiger partial charge is 0.486 e. The van der Waals surface area contributed by atoms with Gasteiger partial charge in [0, 0.05) is 35.0 Å². The van der Waals surface area contributed by atoms with Gasteiger partial charge >= 0.3 is 0 Å². The molecule has 2 aromatic heterocycles. The number of H-pyrrole nitrogens is 1. The molecule has 2 aromatic carbocycles. The molecule has 1 aliphatic heterocycles. The molecule has 0 amide bonds. The first-order valence-corrected chi connectivity index (χ1v) is 12.5. The molecule has 0 atom stereocenters. The van der Waals surface area contributed by atoms with E-state index in [0.29, 0.717) is 35.6 Å². The summed E-state index contributed by atoms with van der Waals surface area (Å²) in [4.78, 5) is 16.4. The van der Waals surface area contributed by atoms with Crippen molar-refractivity contribution in [3.8, 4) is 11.5 Å². The van der Waals surface area contributed by atoms with E-state index in [1.807, 2.05) is 17.5 Å². The van der Waals surface area contributed by atoms with Gasteiger partial charge in [0.2, 0.25) is 10.0 Å². The fraction of sp³-hybridized carbons (Fsp3) is 0.174. The molecule has 4 aromatic rings. The van der Waals surface area contributed by atoms with Gasteiger partial charge in [-0.15, -0.1) is 11.3 Å². The number of aromatic nitrogens is 1. The third-order valence-corrected chi connectivity index (χ3v) is 7.96. The Kier molecular flexibility index (Phi) is 5.65. The summed E-state index contributed by atoms with van der Waals surface area (Å²) in [5, 5.41) is 2.55.